The Bertz CT molecular complexity index is 880. The SMILES string of the molecule is Cc1nn(C)c(C)c1/C=C/C(=O)OCC(=O)N[C@@H](C)c1ccc(CC(C)C)cc1. The summed E-state index contributed by atoms with van der Waals surface area (Å²) >= 11 is 0. The van der Waals surface area contributed by atoms with Gasteiger partial charge in [0.1, 0.15) is 0 Å². The Hall–Kier alpha value is -2.89. The molecular formula is C23H31N3O3. The van der Waals surface area contributed by atoms with E-state index in [-0.39, 0.29) is 18.6 Å². The third kappa shape index (κ3) is 6.59. The number of aromatic nitrogens is 2. The molecule has 0 saturated heterocycles. The zero-order valence-corrected chi connectivity index (χ0v) is 18.2. The van der Waals surface area contributed by atoms with E-state index in [2.05, 4.69) is 36.4 Å². The van der Waals surface area contributed by atoms with Gasteiger partial charge in [-0.2, -0.15) is 5.10 Å². The van der Waals surface area contributed by atoms with Crippen LogP contribution < -0.4 is 5.32 Å². The van der Waals surface area contributed by atoms with E-state index in [0.29, 0.717) is 5.92 Å². The van der Waals surface area contributed by atoms with Crippen molar-refractivity contribution in [2.45, 2.75) is 47.1 Å². The van der Waals surface area contributed by atoms with Gasteiger partial charge in [0.05, 0.1) is 11.7 Å². The number of aryl methyl sites for hydroxylation is 2. The topological polar surface area (TPSA) is 73.2 Å². The summed E-state index contributed by atoms with van der Waals surface area (Å²) in [5.74, 6) is -0.291. The molecule has 29 heavy (non-hydrogen) atoms. The van der Waals surface area contributed by atoms with E-state index in [1.165, 1.54) is 11.6 Å². The molecule has 0 aliphatic carbocycles. The Kier molecular flexibility index (Phi) is 7.76. The Morgan fingerprint density at radius 2 is 1.83 bits per heavy atom. The first-order valence-corrected chi connectivity index (χ1v) is 9.90. The number of ether oxygens (including phenoxy) is 1. The summed E-state index contributed by atoms with van der Waals surface area (Å²) in [6, 6.07) is 8.06. The number of carbonyl (C=O) groups is 2. The van der Waals surface area contributed by atoms with Crippen molar-refractivity contribution < 1.29 is 14.3 Å². The second kappa shape index (κ2) is 10.0. The van der Waals surface area contributed by atoms with Crippen LogP contribution in [-0.2, 0) is 27.8 Å². The summed E-state index contributed by atoms with van der Waals surface area (Å²) in [4.78, 5) is 24.0. The van der Waals surface area contributed by atoms with Crippen molar-refractivity contribution in [1.29, 1.82) is 0 Å². The Labute approximate surface area is 173 Å². The van der Waals surface area contributed by atoms with Crippen LogP contribution in [0.15, 0.2) is 30.3 Å². The predicted octanol–water partition coefficient (Wildman–Crippen LogP) is 3.67. The molecule has 0 radical (unpaired) electrons. The minimum atomic E-state index is -0.562. The summed E-state index contributed by atoms with van der Waals surface area (Å²) in [5, 5.41) is 7.15. The summed E-state index contributed by atoms with van der Waals surface area (Å²) in [5.41, 5.74) is 4.96. The molecule has 1 aromatic heterocycles. The smallest absolute Gasteiger partial charge is 0.331 e. The van der Waals surface area contributed by atoms with Gasteiger partial charge in [-0.05, 0) is 50.3 Å². The quantitative estimate of drug-likeness (QED) is 0.545. The average molecular weight is 398 g/mol. The molecule has 6 heteroatoms. The van der Waals surface area contributed by atoms with Crippen LogP contribution >= 0.6 is 0 Å². The molecule has 0 bridgehead atoms. The molecule has 156 valence electrons. The lowest BCUT2D eigenvalue weighted by Gasteiger charge is -2.15. The van der Waals surface area contributed by atoms with Gasteiger partial charge in [-0.25, -0.2) is 4.79 Å². The van der Waals surface area contributed by atoms with Crippen molar-refractivity contribution in [2.24, 2.45) is 13.0 Å². The van der Waals surface area contributed by atoms with Gasteiger partial charge in [0.25, 0.3) is 5.91 Å². The minimum Gasteiger partial charge on any atom is -0.452 e. The van der Waals surface area contributed by atoms with Crippen LogP contribution in [0.3, 0.4) is 0 Å². The number of amides is 1. The van der Waals surface area contributed by atoms with Crippen LogP contribution in [0.4, 0.5) is 0 Å². The number of hydrogen-bond acceptors (Lipinski definition) is 4. The molecular weight excluding hydrogens is 366 g/mol. The number of nitrogens with zero attached hydrogens (tertiary/aromatic N) is 2. The highest BCUT2D eigenvalue weighted by molar-refractivity contribution is 5.89. The van der Waals surface area contributed by atoms with Gasteiger partial charge in [0, 0.05) is 24.4 Å². The highest BCUT2D eigenvalue weighted by Crippen LogP contribution is 2.16. The van der Waals surface area contributed by atoms with Crippen LogP contribution in [0, 0.1) is 19.8 Å². The van der Waals surface area contributed by atoms with Crippen molar-refractivity contribution in [2.75, 3.05) is 6.61 Å². The summed E-state index contributed by atoms with van der Waals surface area (Å²) in [6.45, 7) is 9.77. The third-order valence-corrected chi connectivity index (χ3v) is 4.80. The van der Waals surface area contributed by atoms with E-state index >= 15 is 0 Å². The van der Waals surface area contributed by atoms with Crippen molar-refractivity contribution >= 4 is 18.0 Å². The highest BCUT2D eigenvalue weighted by atomic mass is 16.5. The maximum Gasteiger partial charge on any atom is 0.331 e. The van der Waals surface area contributed by atoms with Gasteiger partial charge in [0.2, 0.25) is 0 Å². The van der Waals surface area contributed by atoms with E-state index < -0.39 is 5.97 Å². The van der Waals surface area contributed by atoms with Gasteiger partial charge in [0.15, 0.2) is 6.61 Å². The maximum atomic E-state index is 12.1. The molecule has 0 unspecified atom stereocenters. The van der Waals surface area contributed by atoms with Crippen molar-refractivity contribution in [3.63, 3.8) is 0 Å². The first-order valence-electron chi connectivity index (χ1n) is 9.90. The summed E-state index contributed by atoms with van der Waals surface area (Å²) in [6.07, 6.45) is 4.02. The molecule has 0 spiro atoms. The number of carbonyl (C=O) groups excluding carboxylic acids is 2. The van der Waals surface area contributed by atoms with Crippen LogP contribution in [0.1, 0.15) is 54.9 Å². The first-order chi connectivity index (χ1) is 13.7. The third-order valence-electron chi connectivity index (χ3n) is 4.80. The summed E-state index contributed by atoms with van der Waals surface area (Å²) < 4.78 is 6.80. The van der Waals surface area contributed by atoms with E-state index in [4.69, 9.17) is 4.74 Å². The van der Waals surface area contributed by atoms with Crippen molar-refractivity contribution in [1.82, 2.24) is 15.1 Å². The van der Waals surface area contributed by atoms with Crippen LogP contribution in [-0.4, -0.2) is 28.3 Å². The molecule has 0 aliphatic heterocycles. The van der Waals surface area contributed by atoms with Gasteiger partial charge < -0.3 is 10.1 Å². The minimum absolute atomic E-state index is 0.162. The number of nitrogens with one attached hydrogen (secondary N) is 1. The molecule has 0 fully saturated rings. The predicted molar refractivity (Wildman–Crippen MR) is 114 cm³/mol. The molecule has 1 aromatic carbocycles. The zero-order chi connectivity index (χ0) is 21.6. The molecule has 2 aromatic rings. The maximum absolute atomic E-state index is 12.1. The van der Waals surface area contributed by atoms with Gasteiger partial charge in [-0.1, -0.05) is 38.1 Å². The summed E-state index contributed by atoms with van der Waals surface area (Å²) in [7, 11) is 1.85. The van der Waals surface area contributed by atoms with Crippen LogP contribution in [0.2, 0.25) is 0 Å². The standard InChI is InChI=1S/C23H31N3O3/c1-15(2)13-19-7-9-20(10-8-19)16(3)24-22(27)14-29-23(28)12-11-21-17(4)25-26(6)18(21)5/h7-12,15-16H,13-14H2,1-6H3,(H,24,27)/b12-11+/t16-/m0/s1. The monoisotopic (exact) mass is 397 g/mol. The van der Waals surface area contributed by atoms with E-state index in [1.54, 1.807) is 10.8 Å². The molecule has 0 saturated carbocycles. The van der Waals surface area contributed by atoms with E-state index in [1.807, 2.05) is 40.0 Å². The lowest BCUT2D eigenvalue weighted by molar-refractivity contribution is -0.144. The fourth-order valence-electron chi connectivity index (χ4n) is 3.15. The first kappa shape index (κ1) is 22.4. The van der Waals surface area contributed by atoms with Gasteiger partial charge in [-0.3, -0.25) is 9.48 Å². The lowest BCUT2D eigenvalue weighted by atomic mass is 10.00. The zero-order valence-electron chi connectivity index (χ0n) is 18.2. The van der Waals surface area contributed by atoms with Crippen LogP contribution in [0.5, 0.6) is 0 Å². The fraction of sp³-hybridized carbons (Fsp3) is 0.435. The molecule has 6 nitrogen and oxygen atoms in total. The number of benzene rings is 1. The molecule has 1 amide bonds. The second-order valence-corrected chi connectivity index (χ2v) is 7.78. The van der Waals surface area contributed by atoms with Gasteiger partial charge in [-0.15, -0.1) is 0 Å². The Morgan fingerprint density at radius 1 is 1.17 bits per heavy atom. The Morgan fingerprint density at radius 3 is 2.38 bits per heavy atom. The lowest BCUT2D eigenvalue weighted by Crippen LogP contribution is -2.30. The largest absolute Gasteiger partial charge is 0.452 e. The van der Waals surface area contributed by atoms with Gasteiger partial charge >= 0.3 is 5.97 Å². The van der Waals surface area contributed by atoms with Crippen molar-refractivity contribution in [3.8, 4) is 0 Å². The van der Waals surface area contributed by atoms with Crippen molar-refractivity contribution in [3.05, 3.63) is 58.4 Å². The molecule has 1 N–H and O–H groups in total. The average Bonchev–Trinajstić information content (AvgIpc) is 2.90. The fourth-order valence-corrected chi connectivity index (χ4v) is 3.15. The molecule has 1 heterocycles. The number of esters is 1. The van der Waals surface area contributed by atoms with Crippen LogP contribution in [0.25, 0.3) is 6.08 Å². The van der Waals surface area contributed by atoms with E-state index in [9.17, 15) is 9.59 Å². The highest BCUT2D eigenvalue weighted by Gasteiger charge is 2.12. The molecule has 2 rings (SSSR count). The Balaban J connectivity index is 1.82. The van der Waals surface area contributed by atoms with E-state index in [0.717, 1.165) is 28.9 Å². The second-order valence-electron chi connectivity index (χ2n) is 7.78. The number of hydrogen-bond donors (Lipinski definition) is 1. The molecule has 0 aliphatic rings. The molecule has 1 atom stereocenters. The normalized spacial score (nSPS) is 12.4. The number of rotatable bonds is 8.